The SMILES string of the molecule is N=C(Nc1ccccc1)C1=Cc2cc([N+](=O)[O-])ccc2NC1Cl. The number of nitro benzene ring substituents is 1. The van der Waals surface area contributed by atoms with Gasteiger partial charge >= 0.3 is 0 Å². The van der Waals surface area contributed by atoms with Crippen LogP contribution >= 0.6 is 11.6 Å². The molecule has 3 N–H and O–H groups in total. The maximum absolute atomic E-state index is 10.9. The predicted molar refractivity (Wildman–Crippen MR) is 92.1 cm³/mol. The first-order chi connectivity index (χ1) is 11.0. The van der Waals surface area contributed by atoms with Gasteiger partial charge in [0.2, 0.25) is 0 Å². The molecule has 7 heteroatoms. The normalized spacial score (nSPS) is 15.9. The standard InChI is InChI=1S/C16H13ClN4O2/c17-15-13(16(18)19-11-4-2-1-3-5-11)9-10-8-12(21(22)23)6-7-14(10)20-15/h1-9,15,20H,(H2,18,19). The van der Waals surface area contributed by atoms with Crippen molar-refractivity contribution in [2.45, 2.75) is 5.50 Å². The van der Waals surface area contributed by atoms with Crippen molar-refractivity contribution >= 4 is 40.6 Å². The van der Waals surface area contributed by atoms with Crippen LogP contribution in [-0.4, -0.2) is 16.3 Å². The zero-order valence-corrected chi connectivity index (χ0v) is 12.7. The van der Waals surface area contributed by atoms with Crippen molar-refractivity contribution in [3.05, 3.63) is 69.8 Å². The van der Waals surface area contributed by atoms with Crippen molar-refractivity contribution in [3.63, 3.8) is 0 Å². The van der Waals surface area contributed by atoms with E-state index < -0.39 is 10.4 Å². The number of alkyl halides is 1. The first-order valence-corrected chi connectivity index (χ1v) is 7.30. The first kappa shape index (κ1) is 15.1. The van der Waals surface area contributed by atoms with Gasteiger partial charge in [-0.1, -0.05) is 29.8 Å². The number of nitrogens with zero attached hydrogens (tertiary/aromatic N) is 1. The fourth-order valence-corrected chi connectivity index (χ4v) is 2.60. The van der Waals surface area contributed by atoms with E-state index in [0.29, 0.717) is 16.8 Å². The highest BCUT2D eigenvalue weighted by molar-refractivity contribution is 6.29. The molecule has 6 nitrogen and oxygen atoms in total. The largest absolute Gasteiger partial charge is 0.365 e. The van der Waals surface area contributed by atoms with Gasteiger partial charge in [0.25, 0.3) is 5.69 Å². The fourth-order valence-electron chi connectivity index (χ4n) is 2.31. The Kier molecular flexibility index (Phi) is 3.99. The molecule has 0 fully saturated rings. The molecule has 0 saturated carbocycles. The van der Waals surface area contributed by atoms with E-state index >= 15 is 0 Å². The van der Waals surface area contributed by atoms with Crippen molar-refractivity contribution in [2.75, 3.05) is 10.6 Å². The lowest BCUT2D eigenvalue weighted by Gasteiger charge is -2.24. The molecule has 0 spiro atoms. The summed E-state index contributed by atoms with van der Waals surface area (Å²) >= 11 is 6.28. The average Bonchev–Trinajstić information content (AvgIpc) is 2.54. The van der Waals surface area contributed by atoms with Crippen molar-refractivity contribution in [1.29, 1.82) is 5.41 Å². The highest BCUT2D eigenvalue weighted by Gasteiger charge is 2.23. The Bertz CT molecular complexity index is 805. The van der Waals surface area contributed by atoms with Crippen LogP contribution in [0.15, 0.2) is 54.1 Å². The van der Waals surface area contributed by atoms with E-state index in [1.807, 2.05) is 30.3 Å². The first-order valence-electron chi connectivity index (χ1n) is 6.86. The number of hydrogen-bond donors (Lipinski definition) is 3. The van der Waals surface area contributed by atoms with Crippen molar-refractivity contribution < 1.29 is 4.92 Å². The van der Waals surface area contributed by atoms with Crippen LogP contribution in [0.3, 0.4) is 0 Å². The minimum Gasteiger partial charge on any atom is -0.365 e. The lowest BCUT2D eigenvalue weighted by molar-refractivity contribution is -0.384. The van der Waals surface area contributed by atoms with E-state index in [9.17, 15) is 10.1 Å². The van der Waals surface area contributed by atoms with Gasteiger partial charge in [0.1, 0.15) is 11.3 Å². The summed E-state index contributed by atoms with van der Waals surface area (Å²) in [5, 5.41) is 25.1. The number of non-ortho nitro benzene ring substituents is 1. The Labute approximate surface area is 137 Å². The van der Waals surface area contributed by atoms with E-state index in [4.69, 9.17) is 17.0 Å². The summed E-state index contributed by atoms with van der Waals surface area (Å²) in [5.74, 6) is 0.140. The zero-order chi connectivity index (χ0) is 16.4. The molecule has 0 saturated heterocycles. The second-order valence-electron chi connectivity index (χ2n) is 5.00. The molecule has 1 unspecified atom stereocenters. The van der Waals surface area contributed by atoms with E-state index in [1.54, 1.807) is 12.1 Å². The maximum atomic E-state index is 10.9. The highest BCUT2D eigenvalue weighted by Crippen LogP contribution is 2.32. The number of benzene rings is 2. The molecule has 1 aliphatic heterocycles. The molecule has 2 aromatic rings. The third-order valence-electron chi connectivity index (χ3n) is 3.44. The fraction of sp³-hybridized carbons (Fsp3) is 0.0625. The third-order valence-corrected chi connectivity index (χ3v) is 3.79. The topological polar surface area (TPSA) is 91.0 Å². The molecule has 0 radical (unpaired) electrons. The molecule has 0 bridgehead atoms. The molecule has 0 amide bonds. The molecule has 116 valence electrons. The van der Waals surface area contributed by atoms with E-state index in [0.717, 1.165) is 5.69 Å². The van der Waals surface area contributed by atoms with Gasteiger partial charge in [0.15, 0.2) is 0 Å². The second-order valence-corrected chi connectivity index (χ2v) is 5.44. The van der Waals surface area contributed by atoms with Gasteiger partial charge < -0.3 is 10.6 Å². The number of amidine groups is 1. The van der Waals surface area contributed by atoms with Crippen LogP contribution < -0.4 is 10.6 Å². The molecule has 0 aromatic heterocycles. The monoisotopic (exact) mass is 328 g/mol. The Balaban J connectivity index is 1.91. The lowest BCUT2D eigenvalue weighted by atomic mass is 10.0. The smallest absolute Gasteiger partial charge is 0.270 e. The van der Waals surface area contributed by atoms with Crippen LogP contribution in [0, 0.1) is 15.5 Å². The van der Waals surface area contributed by atoms with Gasteiger partial charge in [0, 0.05) is 34.6 Å². The van der Waals surface area contributed by atoms with Crippen molar-refractivity contribution in [1.82, 2.24) is 0 Å². The van der Waals surface area contributed by atoms with Crippen LogP contribution in [0.1, 0.15) is 5.56 Å². The summed E-state index contributed by atoms with van der Waals surface area (Å²) < 4.78 is 0. The molecular weight excluding hydrogens is 316 g/mol. The van der Waals surface area contributed by atoms with Gasteiger partial charge in [0.05, 0.1) is 4.92 Å². The van der Waals surface area contributed by atoms with E-state index in [1.165, 1.54) is 12.1 Å². The Morgan fingerprint density at radius 3 is 2.70 bits per heavy atom. The Morgan fingerprint density at radius 1 is 1.26 bits per heavy atom. The number of nitro groups is 1. The number of anilines is 2. The summed E-state index contributed by atoms with van der Waals surface area (Å²) in [6.07, 6.45) is 1.69. The van der Waals surface area contributed by atoms with Gasteiger partial charge in [-0.05, 0) is 24.3 Å². The van der Waals surface area contributed by atoms with Crippen molar-refractivity contribution in [2.24, 2.45) is 0 Å². The number of nitrogens with one attached hydrogen (secondary N) is 3. The summed E-state index contributed by atoms with van der Waals surface area (Å²) in [5.41, 5.74) is 2.03. The summed E-state index contributed by atoms with van der Waals surface area (Å²) in [4.78, 5) is 10.4. The van der Waals surface area contributed by atoms with Gasteiger partial charge in [-0.15, -0.1) is 0 Å². The quantitative estimate of drug-likeness (QED) is 0.198. The lowest BCUT2D eigenvalue weighted by Crippen LogP contribution is -2.28. The minimum absolute atomic E-state index is 0.00304. The molecule has 1 atom stereocenters. The van der Waals surface area contributed by atoms with Crippen LogP contribution in [0.5, 0.6) is 0 Å². The minimum atomic E-state index is -0.590. The van der Waals surface area contributed by atoms with Crippen LogP contribution in [-0.2, 0) is 0 Å². The van der Waals surface area contributed by atoms with Crippen LogP contribution in [0.4, 0.5) is 17.1 Å². The summed E-state index contributed by atoms with van der Waals surface area (Å²) in [7, 11) is 0. The van der Waals surface area contributed by atoms with Crippen molar-refractivity contribution in [3.8, 4) is 0 Å². The number of fused-ring (bicyclic) bond motifs is 1. The number of rotatable bonds is 3. The summed E-state index contributed by atoms with van der Waals surface area (Å²) in [6, 6.07) is 13.8. The molecule has 0 aliphatic carbocycles. The summed E-state index contributed by atoms with van der Waals surface area (Å²) in [6.45, 7) is 0. The molecular formula is C16H13ClN4O2. The maximum Gasteiger partial charge on any atom is 0.270 e. The van der Waals surface area contributed by atoms with E-state index in [2.05, 4.69) is 10.6 Å². The van der Waals surface area contributed by atoms with E-state index in [-0.39, 0.29) is 11.5 Å². The zero-order valence-electron chi connectivity index (χ0n) is 11.9. The Morgan fingerprint density at radius 2 is 2.00 bits per heavy atom. The highest BCUT2D eigenvalue weighted by atomic mass is 35.5. The molecule has 1 aliphatic rings. The van der Waals surface area contributed by atoms with Gasteiger partial charge in [-0.2, -0.15) is 0 Å². The predicted octanol–water partition coefficient (Wildman–Crippen LogP) is 4.06. The second kappa shape index (κ2) is 6.10. The third kappa shape index (κ3) is 3.17. The molecule has 23 heavy (non-hydrogen) atoms. The van der Waals surface area contributed by atoms with Crippen LogP contribution in [0.2, 0.25) is 0 Å². The number of halogens is 1. The molecule has 2 aromatic carbocycles. The van der Waals surface area contributed by atoms with Crippen LogP contribution in [0.25, 0.3) is 6.08 Å². The average molecular weight is 329 g/mol. The Hall–Kier alpha value is -2.86. The van der Waals surface area contributed by atoms with Gasteiger partial charge in [-0.3, -0.25) is 15.5 Å². The number of para-hydroxylation sites is 1. The van der Waals surface area contributed by atoms with Gasteiger partial charge in [-0.25, -0.2) is 0 Å². The molecule has 1 heterocycles. The molecule has 3 rings (SSSR count). The number of hydrogen-bond acceptors (Lipinski definition) is 4.